The number of fused-ring (bicyclic) bond motifs is 1. The molecule has 0 radical (unpaired) electrons. The first-order valence-corrected chi connectivity index (χ1v) is 6.99. The quantitative estimate of drug-likeness (QED) is 0.322. The molecule has 3 N–H and O–H groups in total. The van der Waals surface area contributed by atoms with Gasteiger partial charge in [0.05, 0.1) is 5.02 Å². The lowest BCUT2D eigenvalue weighted by molar-refractivity contribution is -0.156. The van der Waals surface area contributed by atoms with Gasteiger partial charge in [-0.15, -0.1) is 0 Å². The number of aromatic amines is 1. The zero-order valence-electron chi connectivity index (χ0n) is 12.1. The number of aliphatic carboxylic acids is 2. The van der Waals surface area contributed by atoms with Crippen LogP contribution in [0.1, 0.15) is 18.2 Å². The summed E-state index contributed by atoms with van der Waals surface area (Å²) in [7, 11) is 0. The minimum absolute atomic E-state index is 0.0220. The number of nitrogens with one attached hydrogen (secondary N) is 1. The Morgan fingerprint density at radius 2 is 2.04 bits per heavy atom. The number of hydrogen-bond donors (Lipinski definition) is 3. The van der Waals surface area contributed by atoms with E-state index < -0.39 is 17.4 Å². The molecule has 0 bridgehead atoms. The van der Waals surface area contributed by atoms with Crippen LogP contribution in [0.2, 0.25) is 5.02 Å². The van der Waals surface area contributed by atoms with E-state index in [1.54, 1.807) is 18.2 Å². The van der Waals surface area contributed by atoms with Gasteiger partial charge in [0.15, 0.2) is 0 Å². The summed E-state index contributed by atoms with van der Waals surface area (Å²) in [6.45, 7) is 1.16. The van der Waals surface area contributed by atoms with Crippen molar-refractivity contribution in [2.75, 3.05) is 6.54 Å². The lowest BCUT2D eigenvalue weighted by Crippen LogP contribution is -2.42. The second-order valence-corrected chi connectivity index (χ2v) is 5.49. The zero-order valence-corrected chi connectivity index (χ0v) is 12.8. The van der Waals surface area contributed by atoms with Crippen LogP contribution in [0.3, 0.4) is 0 Å². The number of benzene rings is 1. The van der Waals surface area contributed by atoms with Crippen molar-refractivity contribution in [3.8, 4) is 0 Å². The highest BCUT2D eigenvalue weighted by Crippen LogP contribution is 2.36. The minimum atomic E-state index is -2.17. The SMILES string of the molecule is CC(C(=O)O)(C(=O)O)c1[nH]c2cccc(Cl)c2c1CCN=[N+]=[N-]. The first-order chi connectivity index (χ1) is 10.8. The Kier molecular flexibility index (Phi) is 4.49. The van der Waals surface area contributed by atoms with Gasteiger partial charge in [-0.2, -0.15) is 0 Å². The van der Waals surface area contributed by atoms with E-state index in [4.69, 9.17) is 17.1 Å². The van der Waals surface area contributed by atoms with Crippen LogP contribution in [0, 0.1) is 0 Å². The average Bonchev–Trinajstić information content (AvgIpc) is 2.86. The van der Waals surface area contributed by atoms with E-state index >= 15 is 0 Å². The second-order valence-electron chi connectivity index (χ2n) is 5.08. The molecule has 0 unspecified atom stereocenters. The minimum Gasteiger partial charge on any atom is -0.480 e. The number of carboxylic acids is 2. The highest BCUT2D eigenvalue weighted by atomic mass is 35.5. The largest absolute Gasteiger partial charge is 0.480 e. The van der Waals surface area contributed by atoms with Gasteiger partial charge in [-0.05, 0) is 36.6 Å². The Bertz CT molecular complexity index is 825. The molecule has 1 aromatic heterocycles. The molecule has 0 atom stereocenters. The van der Waals surface area contributed by atoms with Crippen LogP contribution in [0.5, 0.6) is 0 Å². The normalized spacial score (nSPS) is 11.2. The van der Waals surface area contributed by atoms with Crippen molar-refractivity contribution in [3.63, 3.8) is 0 Å². The standard InChI is InChI=1S/C14H13ClN4O4/c1-14(12(20)21,13(22)23)11-7(5-6-17-19-16)10-8(15)3-2-4-9(10)18-11/h2-4,18H,5-6H2,1H3,(H,20,21)(H,22,23). The molecule has 0 aliphatic heterocycles. The lowest BCUT2D eigenvalue weighted by Gasteiger charge is -2.20. The molecule has 2 rings (SSSR count). The summed E-state index contributed by atoms with van der Waals surface area (Å²) in [5.41, 5.74) is 7.20. The van der Waals surface area contributed by atoms with E-state index in [0.717, 1.165) is 6.92 Å². The van der Waals surface area contributed by atoms with Crippen molar-refractivity contribution in [1.29, 1.82) is 0 Å². The fraction of sp³-hybridized carbons (Fsp3) is 0.286. The Balaban J connectivity index is 2.78. The molecule has 120 valence electrons. The van der Waals surface area contributed by atoms with E-state index in [1.165, 1.54) is 0 Å². The van der Waals surface area contributed by atoms with Crippen molar-refractivity contribution in [2.24, 2.45) is 5.11 Å². The van der Waals surface area contributed by atoms with Crippen molar-refractivity contribution in [3.05, 3.63) is 44.9 Å². The fourth-order valence-corrected chi connectivity index (χ4v) is 2.75. The maximum absolute atomic E-state index is 11.6. The molecule has 0 aliphatic rings. The van der Waals surface area contributed by atoms with Crippen molar-refractivity contribution >= 4 is 34.4 Å². The molecule has 0 spiro atoms. The van der Waals surface area contributed by atoms with E-state index in [-0.39, 0.29) is 18.7 Å². The molecule has 8 nitrogen and oxygen atoms in total. The number of nitrogens with zero attached hydrogens (tertiary/aromatic N) is 3. The number of rotatable bonds is 6. The molecule has 0 amide bonds. The van der Waals surface area contributed by atoms with Crippen LogP contribution in [0.15, 0.2) is 23.3 Å². The molecule has 1 aromatic carbocycles. The summed E-state index contributed by atoms with van der Waals surface area (Å²) in [5.74, 6) is -3.00. The molecule has 0 saturated heterocycles. The van der Waals surface area contributed by atoms with E-state index in [1.807, 2.05) is 0 Å². The Labute approximate surface area is 135 Å². The van der Waals surface area contributed by atoms with Crippen molar-refractivity contribution < 1.29 is 19.8 Å². The topological polar surface area (TPSA) is 139 Å². The Hall–Kier alpha value is -2.70. The highest BCUT2D eigenvalue weighted by Gasteiger charge is 2.46. The first kappa shape index (κ1) is 16.7. The first-order valence-electron chi connectivity index (χ1n) is 6.61. The molecule has 0 saturated carbocycles. The highest BCUT2D eigenvalue weighted by molar-refractivity contribution is 6.35. The number of carbonyl (C=O) groups is 2. The average molecular weight is 337 g/mol. The van der Waals surface area contributed by atoms with Gasteiger partial charge in [0, 0.05) is 28.1 Å². The molecular weight excluding hydrogens is 324 g/mol. The van der Waals surface area contributed by atoms with Gasteiger partial charge in [-0.3, -0.25) is 9.59 Å². The number of carboxylic acid groups (broad SMARTS) is 2. The summed E-state index contributed by atoms with van der Waals surface area (Å²) < 4.78 is 0. The number of aromatic nitrogens is 1. The third kappa shape index (κ3) is 2.69. The number of azide groups is 1. The number of halogens is 1. The van der Waals surface area contributed by atoms with Gasteiger partial charge in [-0.1, -0.05) is 22.8 Å². The number of H-pyrrole nitrogens is 1. The third-order valence-electron chi connectivity index (χ3n) is 3.76. The summed E-state index contributed by atoms with van der Waals surface area (Å²) >= 11 is 6.18. The predicted molar refractivity (Wildman–Crippen MR) is 83.6 cm³/mol. The van der Waals surface area contributed by atoms with Crippen LogP contribution in [-0.2, 0) is 21.4 Å². The van der Waals surface area contributed by atoms with E-state index in [0.29, 0.717) is 21.5 Å². The molecular formula is C14H13ClN4O4. The Morgan fingerprint density at radius 3 is 2.61 bits per heavy atom. The van der Waals surface area contributed by atoms with Crippen LogP contribution >= 0.6 is 11.6 Å². The van der Waals surface area contributed by atoms with Crippen LogP contribution in [0.4, 0.5) is 0 Å². The van der Waals surface area contributed by atoms with Gasteiger partial charge >= 0.3 is 11.9 Å². The lowest BCUT2D eigenvalue weighted by atomic mass is 9.83. The van der Waals surface area contributed by atoms with Crippen molar-refractivity contribution in [1.82, 2.24) is 4.98 Å². The molecule has 1 heterocycles. The maximum Gasteiger partial charge on any atom is 0.326 e. The molecule has 23 heavy (non-hydrogen) atoms. The van der Waals surface area contributed by atoms with Gasteiger partial charge in [0.25, 0.3) is 0 Å². The molecule has 0 fully saturated rings. The van der Waals surface area contributed by atoms with Gasteiger partial charge in [0.1, 0.15) is 0 Å². The van der Waals surface area contributed by atoms with E-state index in [2.05, 4.69) is 15.0 Å². The third-order valence-corrected chi connectivity index (χ3v) is 4.07. The van der Waals surface area contributed by atoms with Crippen LogP contribution in [-0.4, -0.2) is 33.7 Å². The summed E-state index contributed by atoms with van der Waals surface area (Å²) in [5, 5.41) is 23.2. The van der Waals surface area contributed by atoms with E-state index in [9.17, 15) is 19.8 Å². The zero-order chi connectivity index (χ0) is 17.2. The molecule has 2 aromatic rings. The fourth-order valence-electron chi connectivity index (χ4n) is 2.46. The summed E-state index contributed by atoms with van der Waals surface area (Å²) in [4.78, 5) is 28.7. The number of hydrogen-bond acceptors (Lipinski definition) is 3. The molecule has 9 heteroatoms. The van der Waals surface area contributed by atoms with Crippen LogP contribution in [0.25, 0.3) is 21.3 Å². The summed E-state index contributed by atoms with van der Waals surface area (Å²) in [6.07, 6.45) is 0.166. The second kappa shape index (κ2) is 6.20. The Morgan fingerprint density at radius 1 is 1.39 bits per heavy atom. The predicted octanol–water partition coefficient (Wildman–Crippen LogP) is 3.10. The summed E-state index contributed by atoms with van der Waals surface area (Å²) in [6, 6.07) is 4.96. The molecule has 0 aliphatic carbocycles. The smallest absolute Gasteiger partial charge is 0.326 e. The van der Waals surface area contributed by atoms with Gasteiger partial charge in [0.2, 0.25) is 5.41 Å². The van der Waals surface area contributed by atoms with Gasteiger partial charge < -0.3 is 15.2 Å². The van der Waals surface area contributed by atoms with Crippen LogP contribution < -0.4 is 0 Å². The maximum atomic E-state index is 11.6. The monoisotopic (exact) mass is 336 g/mol. The van der Waals surface area contributed by atoms with Crippen molar-refractivity contribution in [2.45, 2.75) is 18.8 Å². The van der Waals surface area contributed by atoms with Gasteiger partial charge in [-0.25, -0.2) is 0 Å².